The zero-order valence-electron chi connectivity index (χ0n) is 18.1. The molecule has 0 aliphatic carbocycles. The fourth-order valence-electron chi connectivity index (χ4n) is 4.64. The Labute approximate surface area is 179 Å². The number of piperidine rings is 1. The second-order valence-electron chi connectivity index (χ2n) is 8.71. The van der Waals surface area contributed by atoms with Gasteiger partial charge in [-0.1, -0.05) is 6.92 Å². The third kappa shape index (κ3) is 4.43. The maximum atomic E-state index is 13.6. The van der Waals surface area contributed by atoms with Gasteiger partial charge in [-0.25, -0.2) is 4.68 Å². The molecule has 0 unspecified atom stereocenters. The first kappa shape index (κ1) is 21.7. The van der Waals surface area contributed by atoms with Crippen LogP contribution in [0.25, 0.3) is 0 Å². The average molecular weight is 438 g/mol. The predicted octanol–water partition coefficient (Wildman–Crippen LogP) is 3.80. The zero-order chi connectivity index (χ0) is 22.3. The van der Waals surface area contributed by atoms with Gasteiger partial charge in [-0.05, 0) is 45.6 Å². The van der Waals surface area contributed by atoms with Crippen molar-refractivity contribution >= 4 is 11.7 Å². The number of carbonyl (C=O) groups is 1. The molecule has 0 saturated carbocycles. The van der Waals surface area contributed by atoms with Crippen molar-refractivity contribution in [3.63, 3.8) is 0 Å². The summed E-state index contributed by atoms with van der Waals surface area (Å²) in [5, 5.41) is 11.9. The quantitative estimate of drug-likeness (QED) is 0.789. The van der Waals surface area contributed by atoms with E-state index in [9.17, 15) is 18.0 Å². The maximum Gasteiger partial charge on any atom is 0.410 e. The Bertz CT molecular complexity index is 950. The minimum absolute atomic E-state index is 0.0218. The second kappa shape index (κ2) is 8.20. The van der Waals surface area contributed by atoms with Crippen LogP contribution in [-0.2, 0) is 11.3 Å². The third-order valence-corrected chi connectivity index (χ3v) is 6.36. The average Bonchev–Trinajstić information content (AvgIpc) is 3.28. The summed E-state index contributed by atoms with van der Waals surface area (Å²) in [6, 6.07) is 1.82. The van der Waals surface area contributed by atoms with Gasteiger partial charge < -0.3 is 10.2 Å². The molecule has 4 heterocycles. The van der Waals surface area contributed by atoms with Crippen LogP contribution >= 0.6 is 0 Å². The van der Waals surface area contributed by atoms with Crippen LogP contribution in [0.5, 0.6) is 0 Å². The molecule has 0 radical (unpaired) electrons. The number of aryl methyl sites for hydroxylation is 2. The number of carbonyl (C=O) groups excluding carboxylic acids is 1. The molecule has 7 nitrogen and oxygen atoms in total. The Hall–Kier alpha value is -2.52. The Morgan fingerprint density at radius 2 is 2.03 bits per heavy atom. The molecule has 4 rings (SSSR count). The number of hydrogen-bond donors (Lipinski definition) is 1. The predicted molar refractivity (Wildman–Crippen MR) is 110 cm³/mol. The highest BCUT2D eigenvalue weighted by Gasteiger charge is 2.46. The van der Waals surface area contributed by atoms with Gasteiger partial charge in [0.2, 0.25) is 5.91 Å². The van der Waals surface area contributed by atoms with Crippen molar-refractivity contribution in [2.75, 3.05) is 18.4 Å². The maximum absolute atomic E-state index is 13.6. The van der Waals surface area contributed by atoms with Gasteiger partial charge in [-0.2, -0.15) is 23.4 Å². The summed E-state index contributed by atoms with van der Waals surface area (Å²) in [5.41, 5.74) is 2.41. The van der Waals surface area contributed by atoms with Crippen molar-refractivity contribution in [3.05, 3.63) is 29.2 Å². The van der Waals surface area contributed by atoms with Crippen molar-refractivity contribution in [3.8, 4) is 0 Å². The highest BCUT2D eigenvalue weighted by Crippen LogP contribution is 2.41. The molecule has 0 spiro atoms. The number of likely N-dealkylation sites (tertiary alicyclic amines) is 1. The summed E-state index contributed by atoms with van der Waals surface area (Å²) in [6.07, 6.45) is -2.16. The van der Waals surface area contributed by atoms with E-state index >= 15 is 0 Å². The summed E-state index contributed by atoms with van der Waals surface area (Å²) in [6.45, 7) is 6.95. The topological polar surface area (TPSA) is 68.0 Å². The van der Waals surface area contributed by atoms with E-state index in [2.05, 4.69) is 15.5 Å². The lowest BCUT2D eigenvalue weighted by Crippen LogP contribution is -2.41. The van der Waals surface area contributed by atoms with Crippen LogP contribution in [-0.4, -0.2) is 55.7 Å². The minimum Gasteiger partial charge on any atom is -0.367 e. The van der Waals surface area contributed by atoms with Crippen molar-refractivity contribution in [2.24, 2.45) is 0 Å². The van der Waals surface area contributed by atoms with Gasteiger partial charge >= 0.3 is 6.18 Å². The van der Waals surface area contributed by atoms with Gasteiger partial charge in [0.25, 0.3) is 0 Å². The summed E-state index contributed by atoms with van der Waals surface area (Å²) in [7, 11) is 0. The molecular formula is C21H29F3N6O. The number of aromatic nitrogens is 4. The largest absolute Gasteiger partial charge is 0.410 e. The molecular weight excluding hydrogens is 409 g/mol. The lowest BCUT2D eigenvalue weighted by molar-refractivity contribution is -0.173. The molecule has 170 valence electrons. The molecule has 2 aliphatic rings. The smallest absolute Gasteiger partial charge is 0.367 e. The molecule has 3 atom stereocenters. The molecule has 0 aromatic carbocycles. The summed E-state index contributed by atoms with van der Waals surface area (Å²) in [5.74, 6) is 0.311. The van der Waals surface area contributed by atoms with Gasteiger partial charge in [0.05, 0.1) is 11.4 Å². The first-order valence-electron chi connectivity index (χ1n) is 10.9. The molecule has 1 amide bonds. The van der Waals surface area contributed by atoms with Crippen molar-refractivity contribution in [1.82, 2.24) is 24.5 Å². The number of amides is 1. The monoisotopic (exact) mass is 438 g/mol. The second-order valence-corrected chi connectivity index (χ2v) is 8.71. The molecule has 0 bridgehead atoms. The number of rotatable bonds is 4. The third-order valence-electron chi connectivity index (χ3n) is 6.36. The van der Waals surface area contributed by atoms with E-state index in [1.807, 2.05) is 26.8 Å². The van der Waals surface area contributed by atoms with Crippen LogP contribution in [0.3, 0.4) is 0 Å². The fourth-order valence-corrected chi connectivity index (χ4v) is 4.64. The van der Waals surface area contributed by atoms with Crippen molar-refractivity contribution in [2.45, 2.75) is 77.2 Å². The summed E-state index contributed by atoms with van der Waals surface area (Å²) >= 11 is 0. The molecule has 2 aromatic rings. The van der Waals surface area contributed by atoms with Crippen LogP contribution < -0.4 is 5.32 Å². The van der Waals surface area contributed by atoms with Gasteiger partial charge in [-0.15, -0.1) is 0 Å². The molecule has 2 aliphatic heterocycles. The molecule has 10 heteroatoms. The van der Waals surface area contributed by atoms with E-state index in [-0.39, 0.29) is 30.8 Å². The Balaban J connectivity index is 1.51. The number of nitrogens with one attached hydrogen (secondary N) is 1. The highest BCUT2D eigenvalue weighted by atomic mass is 19.4. The van der Waals surface area contributed by atoms with E-state index in [0.29, 0.717) is 31.0 Å². The van der Waals surface area contributed by atoms with Gasteiger partial charge in [0.1, 0.15) is 12.4 Å². The molecule has 2 aromatic heterocycles. The van der Waals surface area contributed by atoms with Gasteiger partial charge in [0, 0.05) is 36.8 Å². The van der Waals surface area contributed by atoms with Crippen LogP contribution in [0.15, 0.2) is 12.1 Å². The summed E-state index contributed by atoms with van der Waals surface area (Å²) < 4.78 is 43.7. The highest BCUT2D eigenvalue weighted by molar-refractivity contribution is 5.76. The van der Waals surface area contributed by atoms with Crippen molar-refractivity contribution in [1.29, 1.82) is 0 Å². The zero-order valence-corrected chi connectivity index (χ0v) is 18.1. The number of halogens is 3. The lowest BCUT2D eigenvalue weighted by atomic mass is 9.94. The van der Waals surface area contributed by atoms with E-state index in [1.165, 1.54) is 0 Å². The Morgan fingerprint density at radius 3 is 2.68 bits per heavy atom. The van der Waals surface area contributed by atoms with Gasteiger partial charge in [0.15, 0.2) is 6.04 Å². The normalized spacial score (nSPS) is 24.1. The van der Waals surface area contributed by atoms with Crippen molar-refractivity contribution < 1.29 is 18.0 Å². The molecule has 1 saturated heterocycles. The molecule has 1 fully saturated rings. The van der Waals surface area contributed by atoms with E-state index < -0.39 is 12.2 Å². The van der Waals surface area contributed by atoms with Crippen LogP contribution in [0.2, 0.25) is 0 Å². The first-order valence-corrected chi connectivity index (χ1v) is 10.9. The van der Waals surface area contributed by atoms with Crippen LogP contribution in [0.4, 0.5) is 19.0 Å². The molecule has 1 N–H and O–H groups in total. The van der Waals surface area contributed by atoms with E-state index in [1.54, 1.807) is 15.6 Å². The molecule has 31 heavy (non-hydrogen) atoms. The number of nitrogens with zero attached hydrogens (tertiary/aromatic N) is 5. The number of fused-ring (bicyclic) bond motifs is 1. The Morgan fingerprint density at radius 1 is 1.26 bits per heavy atom. The number of anilines is 1. The van der Waals surface area contributed by atoms with Gasteiger partial charge in [-0.3, -0.25) is 9.48 Å². The summed E-state index contributed by atoms with van der Waals surface area (Å²) in [4.78, 5) is 14.6. The number of alkyl halides is 3. The van der Waals surface area contributed by atoms with Crippen LogP contribution in [0, 0.1) is 13.8 Å². The SMILES string of the molecule is CC[C@@H]1C[C@H](C(F)(F)F)n2nc([C@@H]3CCCN(C(=O)Cn4nc(C)cc4C)C3)cc2N1. The van der Waals surface area contributed by atoms with E-state index in [4.69, 9.17) is 0 Å². The first-order chi connectivity index (χ1) is 14.7. The fraction of sp³-hybridized carbons (Fsp3) is 0.667. The number of hydrogen-bond acceptors (Lipinski definition) is 4. The lowest BCUT2D eigenvalue weighted by Gasteiger charge is -2.33. The standard InChI is InChI=1S/C21H29F3N6O/c1-4-16-9-18(21(22,23)24)30-19(25-16)10-17(27-30)15-6-5-7-28(11-15)20(31)12-29-14(3)8-13(2)26-29/h8,10,15-16,18,25H,4-7,9,11-12H2,1-3H3/t15-,16-,18-/m1/s1. The minimum atomic E-state index is -4.35. The van der Waals surface area contributed by atoms with E-state index in [0.717, 1.165) is 28.9 Å². The van der Waals surface area contributed by atoms with Crippen LogP contribution in [0.1, 0.15) is 61.6 Å². The Kier molecular flexibility index (Phi) is 5.74.